The maximum absolute atomic E-state index is 12.0. The molecule has 0 spiro atoms. The second kappa shape index (κ2) is 6.50. The highest BCUT2D eigenvalue weighted by atomic mass is 35.5. The number of rotatable bonds is 5. The number of carbonyl (C=O) groups is 2. The molecular formula is C14H16ClNO3S. The van der Waals surface area contributed by atoms with Gasteiger partial charge in [-0.2, -0.15) is 0 Å². The summed E-state index contributed by atoms with van der Waals surface area (Å²) in [4.78, 5) is 23.6. The fourth-order valence-corrected chi connectivity index (χ4v) is 3.20. The van der Waals surface area contributed by atoms with Gasteiger partial charge in [-0.25, -0.2) is 0 Å². The maximum atomic E-state index is 12.0. The van der Waals surface area contributed by atoms with E-state index in [0.717, 1.165) is 4.90 Å². The van der Waals surface area contributed by atoms with Crippen LogP contribution in [0.2, 0.25) is 5.02 Å². The third-order valence-corrected chi connectivity index (χ3v) is 4.96. The van der Waals surface area contributed by atoms with Gasteiger partial charge in [-0.1, -0.05) is 23.7 Å². The van der Waals surface area contributed by atoms with Gasteiger partial charge in [-0.05, 0) is 31.9 Å². The van der Waals surface area contributed by atoms with Crippen LogP contribution in [0.25, 0.3) is 0 Å². The highest BCUT2D eigenvalue weighted by Gasteiger charge is 2.35. The summed E-state index contributed by atoms with van der Waals surface area (Å²) in [5.74, 6) is -1.18. The molecule has 6 heteroatoms. The summed E-state index contributed by atoms with van der Waals surface area (Å²) in [6.07, 6.45) is 1.04. The fourth-order valence-electron chi connectivity index (χ4n) is 2.04. The van der Waals surface area contributed by atoms with E-state index < -0.39 is 5.97 Å². The molecule has 2 rings (SSSR count). The SMILES string of the molecule is CC(Sc1ccccc1Cl)C(=O)NC1CC(C(=O)O)C1. The van der Waals surface area contributed by atoms with Crippen molar-refractivity contribution in [2.45, 2.75) is 36.0 Å². The molecule has 4 nitrogen and oxygen atoms in total. The minimum Gasteiger partial charge on any atom is -0.481 e. The Hall–Kier alpha value is -1.20. The van der Waals surface area contributed by atoms with Crippen LogP contribution in [0, 0.1) is 5.92 Å². The molecule has 1 fully saturated rings. The lowest BCUT2D eigenvalue weighted by Crippen LogP contribution is -2.48. The van der Waals surface area contributed by atoms with E-state index in [0.29, 0.717) is 17.9 Å². The molecule has 1 atom stereocenters. The Labute approximate surface area is 126 Å². The minimum absolute atomic E-state index is 0.0158. The highest BCUT2D eigenvalue weighted by molar-refractivity contribution is 8.00. The normalized spacial score (nSPS) is 22.7. The van der Waals surface area contributed by atoms with Crippen molar-refractivity contribution in [3.05, 3.63) is 29.3 Å². The van der Waals surface area contributed by atoms with Crippen molar-refractivity contribution in [2.24, 2.45) is 5.92 Å². The first-order valence-corrected chi connectivity index (χ1v) is 7.67. The monoisotopic (exact) mass is 313 g/mol. The molecule has 0 saturated heterocycles. The van der Waals surface area contributed by atoms with Gasteiger partial charge in [-0.3, -0.25) is 9.59 Å². The van der Waals surface area contributed by atoms with Crippen LogP contribution < -0.4 is 5.32 Å². The lowest BCUT2D eigenvalue weighted by molar-refractivity contribution is -0.146. The summed E-state index contributed by atoms with van der Waals surface area (Å²) >= 11 is 7.45. The van der Waals surface area contributed by atoms with Gasteiger partial charge in [0.25, 0.3) is 0 Å². The third kappa shape index (κ3) is 3.67. The summed E-state index contributed by atoms with van der Waals surface area (Å²) in [5.41, 5.74) is 0. The number of aliphatic carboxylic acids is 1. The van der Waals surface area contributed by atoms with E-state index >= 15 is 0 Å². The Kier molecular flexibility index (Phi) is 4.94. The van der Waals surface area contributed by atoms with Crippen molar-refractivity contribution in [1.82, 2.24) is 5.32 Å². The molecule has 20 heavy (non-hydrogen) atoms. The number of carboxylic acid groups (broad SMARTS) is 1. The Morgan fingerprint density at radius 1 is 1.40 bits per heavy atom. The van der Waals surface area contributed by atoms with E-state index in [2.05, 4.69) is 5.32 Å². The van der Waals surface area contributed by atoms with Crippen LogP contribution in [0.5, 0.6) is 0 Å². The second-order valence-corrected chi connectivity index (χ2v) is 6.69. The van der Waals surface area contributed by atoms with Crippen LogP contribution in [-0.2, 0) is 9.59 Å². The van der Waals surface area contributed by atoms with E-state index in [9.17, 15) is 9.59 Å². The molecule has 0 aromatic heterocycles. The summed E-state index contributed by atoms with van der Waals surface area (Å²) < 4.78 is 0. The number of thioether (sulfide) groups is 1. The zero-order chi connectivity index (χ0) is 14.7. The number of amides is 1. The first kappa shape index (κ1) is 15.2. The molecule has 0 radical (unpaired) electrons. The van der Waals surface area contributed by atoms with Crippen LogP contribution in [0.15, 0.2) is 29.2 Å². The molecule has 0 heterocycles. The van der Waals surface area contributed by atoms with Crippen molar-refractivity contribution in [3.63, 3.8) is 0 Å². The van der Waals surface area contributed by atoms with Crippen LogP contribution in [0.3, 0.4) is 0 Å². The molecule has 1 unspecified atom stereocenters. The average Bonchev–Trinajstić information content (AvgIpc) is 2.35. The van der Waals surface area contributed by atoms with Gasteiger partial charge in [0, 0.05) is 10.9 Å². The van der Waals surface area contributed by atoms with E-state index in [1.165, 1.54) is 11.8 Å². The summed E-state index contributed by atoms with van der Waals surface area (Å²) in [5, 5.41) is 12.0. The quantitative estimate of drug-likeness (QED) is 0.820. The third-order valence-electron chi connectivity index (χ3n) is 3.34. The van der Waals surface area contributed by atoms with Crippen molar-refractivity contribution < 1.29 is 14.7 Å². The Morgan fingerprint density at radius 3 is 2.65 bits per heavy atom. The zero-order valence-electron chi connectivity index (χ0n) is 11.0. The smallest absolute Gasteiger partial charge is 0.306 e. The van der Waals surface area contributed by atoms with Crippen molar-refractivity contribution in [1.29, 1.82) is 0 Å². The van der Waals surface area contributed by atoms with Crippen molar-refractivity contribution in [2.75, 3.05) is 0 Å². The number of benzene rings is 1. The van der Waals surface area contributed by atoms with E-state index in [-0.39, 0.29) is 23.1 Å². The fraction of sp³-hybridized carbons (Fsp3) is 0.429. The molecule has 0 aliphatic heterocycles. The number of hydrogen-bond acceptors (Lipinski definition) is 3. The Morgan fingerprint density at radius 2 is 2.05 bits per heavy atom. The number of halogens is 1. The molecule has 1 aromatic carbocycles. The minimum atomic E-state index is -0.783. The molecule has 108 valence electrons. The van der Waals surface area contributed by atoms with Crippen LogP contribution in [0.1, 0.15) is 19.8 Å². The van der Waals surface area contributed by atoms with Gasteiger partial charge in [0.1, 0.15) is 0 Å². The van der Waals surface area contributed by atoms with E-state index in [4.69, 9.17) is 16.7 Å². The Bertz CT molecular complexity index is 517. The zero-order valence-corrected chi connectivity index (χ0v) is 12.6. The molecule has 0 bridgehead atoms. The predicted molar refractivity (Wildman–Crippen MR) is 79.1 cm³/mol. The first-order valence-electron chi connectivity index (χ1n) is 6.41. The van der Waals surface area contributed by atoms with Gasteiger partial charge in [0.15, 0.2) is 0 Å². The molecular weight excluding hydrogens is 298 g/mol. The molecule has 1 aliphatic carbocycles. The largest absolute Gasteiger partial charge is 0.481 e. The molecule has 1 aliphatic rings. The standard InChI is InChI=1S/C14H16ClNO3S/c1-8(20-12-5-3-2-4-11(12)15)13(17)16-10-6-9(7-10)14(18)19/h2-5,8-10H,6-7H2,1H3,(H,16,17)(H,18,19). The second-order valence-electron chi connectivity index (χ2n) is 4.90. The Balaban J connectivity index is 1.81. The number of carboxylic acids is 1. The molecule has 1 saturated carbocycles. The van der Waals surface area contributed by atoms with Crippen LogP contribution in [0.4, 0.5) is 0 Å². The van der Waals surface area contributed by atoms with Gasteiger partial charge >= 0.3 is 5.97 Å². The summed E-state index contributed by atoms with van der Waals surface area (Å²) in [6, 6.07) is 7.37. The topological polar surface area (TPSA) is 66.4 Å². The van der Waals surface area contributed by atoms with E-state index in [1.807, 2.05) is 25.1 Å². The first-order chi connectivity index (χ1) is 9.47. The molecule has 1 amide bonds. The van der Waals surface area contributed by atoms with Crippen molar-refractivity contribution >= 4 is 35.2 Å². The average molecular weight is 314 g/mol. The maximum Gasteiger partial charge on any atom is 0.306 e. The summed E-state index contributed by atoms with van der Waals surface area (Å²) in [6.45, 7) is 1.82. The van der Waals surface area contributed by atoms with Gasteiger partial charge in [-0.15, -0.1) is 11.8 Å². The van der Waals surface area contributed by atoms with Crippen LogP contribution in [-0.4, -0.2) is 28.3 Å². The van der Waals surface area contributed by atoms with Gasteiger partial charge in [0.2, 0.25) is 5.91 Å². The lowest BCUT2D eigenvalue weighted by Gasteiger charge is -2.33. The lowest BCUT2D eigenvalue weighted by atomic mass is 9.80. The number of nitrogens with one attached hydrogen (secondary N) is 1. The van der Waals surface area contributed by atoms with Crippen molar-refractivity contribution in [3.8, 4) is 0 Å². The number of hydrogen-bond donors (Lipinski definition) is 2. The van der Waals surface area contributed by atoms with E-state index in [1.54, 1.807) is 6.07 Å². The van der Waals surface area contributed by atoms with Gasteiger partial charge < -0.3 is 10.4 Å². The van der Waals surface area contributed by atoms with Gasteiger partial charge in [0.05, 0.1) is 16.2 Å². The van der Waals surface area contributed by atoms with Crippen LogP contribution >= 0.6 is 23.4 Å². The molecule has 1 aromatic rings. The highest BCUT2D eigenvalue weighted by Crippen LogP contribution is 2.31. The summed E-state index contributed by atoms with van der Waals surface area (Å²) in [7, 11) is 0. The molecule has 2 N–H and O–H groups in total. The number of carbonyl (C=O) groups excluding carboxylic acids is 1. The predicted octanol–water partition coefficient (Wildman–Crippen LogP) is 2.80.